The molecule has 0 bridgehead atoms. The van der Waals surface area contributed by atoms with Crippen LogP contribution in [0.4, 0.5) is 0 Å². The lowest BCUT2D eigenvalue weighted by molar-refractivity contribution is 0.415. The maximum Gasteiger partial charge on any atom is 0.165 e. The van der Waals surface area contributed by atoms with Crippen molar-refractivity contribution < 1.29 is 8.42 Å². The highest BCUT2D eigenvalue weighted by Gasteiger charge is 2.55. The number of hydrogen-bond acceptors (Lipinski definition) is 7. The van der Waals surface area contributed by atoms with Gasteiger partial charge in [-0.3, -0.25) is 9.98 Å². The van der Waals surface area contributed by atoms with Gasteiger partial charge in [0.25, 0.3) is 0 Å². The van der Waals surface area contributed by atoms with Crippen LogP contribution in [0.1, 0.15) is 49.5 Å². The molecule has 2 N–H and O–H groups in total. The summed E-state index contributed by atoms with van der Waals surface area (Å²) < 4.78 is 25.7. The van der Waals surface area contributed by atoms with Gasteiger partial charge in [0.2, 0.25) is 0 Å². The second-order valence-electron chi connectivity index (χ2n) is 7.95. The van der Waals surface area contributed by atoms with Crippen molar-refractivity contribution in [2.75, 3.05) is 5.75 Å². The summed E-state index contributed by atoms with van der Waals surface area (Å²) in [4.78, 5) is 10.3. The Morgan fingerprint density at radius 2 is 1.97 bits per heavy atom. The zero-order valence-electron chi connectivity index (χ0n) is 16.0. The van der Waals surface area contributed by atoms with Gasteiger partial charge < -0.3 is 5.73 Å². The van der Waals surface area contributed by atoms with E-state index in [1.165, 1.54) is 17.5 Å². The minimum atomic E-state index is -3.50. The molecule has 6 nitrogen and oxygen atoms in total. The molecule has 0 radical (unpaired) electrons. The molecule has 2 aromatic heterocycles. The van der Waals surface area contributed by atoms with E-state index in [1.807, 2.05) is 0 Å². The molecule has 1 spiro atoms. The number of nitrogens with two attached hydrogens (primary N) is 1. The lowest BCUT2D eigenvalue weighted by atomic mass is 9.86. The van der Waals surface area contributed by atoms with Gasteiger partial charge in [0.05, 0.1) is 21.2 Å². The average Bonchev–Trinajstić information content (AvgIpc) is 3.09. The molecule has 2 aromatic rings. The molecule has 2 aliphatic rings. The minimum absolute atomic E-state index is 0.114. The predicted molar refractivity (Wildman–Crippen MR) is 116 cm³/mol. The number of hydrogen-bond donors (Lipinski definition) is 1. The summed E-state index contributed by atoms with van der Waals surface area (Å²) in [6.45, 7) is 1.78. The van der Waals surface area contributed by atoms with Crippen LogP contribution in [0.3, 0.4) is 0 Å². The molecule has 152 valence electrons. The van der Waals surface area contributed by atoms with Crippen LogP contribution in [0.25, 0.3) is 10.4 Å². The molecule has 3 heterocycles. The average molecular weight is 449 g/mol. The van der Waals surface area contributed by atoms with Crippen LogP contribution in [-0.2, 0) is 15.4 Å². The van der Waals surface area contributed by atoms with Crippen LogP contribution in [0, 0.1) is 11.3 Å². The lowest BCUT2D eigenvalue weighted by Gasteiger charge is -2.43. The van der Waals surface area contributed by atoms with Crippen LogP contribution in [0.15, 0.2) is 29.5 Å². The van der Waals surface area contributed by atoms with Crippen LogP contribution in [0.2, 0.25) is 5.02 Å². The van der Waals surface area contributed by atoms with Gasteiger partial charge in [-0.2, -0.15) is 5.26 Å². The first-order valence-electron chi connectivity index (χ1n) is 9.44. The zero-order valence-corrected chi connectivity index (χ0v) is 18.4. The Bertz CT molecular complexity index is 1140. The third-order valence-electron chi connectivity index (χ3n) is 5.89. The number of pyridine rings is 1. The number of nitrogens with zero attached hydrogens (tertiary/aromatic N) is 3. The van der Waals surface area contributed by atoms with Gasteiger partial charge >= 0.3 is 0 Å². The summed E-state index contributed by atoms with van der Waals surface area (Å²) in [7, 11) is -3.50. The van der Waals surface area contributed by atoms with Crippen molar-refractivity contribution >= 4 is 38.6 Å². The molecule has 29 heavy (non-hydrogen) atoms. The van der Waals surface area contributed by atoms with Crippen molar-refractivity contribution in [1.82, 2.24) is 4.98 Å². The first kappa shape index (κ1) is 20.3. The molecule has 1 aliphatic carbocycles. The highest BCUT2D eigenvalue weighted by molar-refractivity contribution is 7.93. The SMILES string of the molecule is CC1(c2sc(-c3cncc(C#N)c3)cc2Cl)CS(=O)(=O)C2(CCCCC2)C(N)=N1. The summed E-state index contributed by atoms with van der Waals surface area (Å²) in [6.07, 6.45) is 6.94. The van der Waals surface area contributed by atoms with Gasteiger partial charge in [0.1, 0.15) is 22.2 Å². The highest BCUT2D eigenvalue weighted by Crippen LogP contribution is 2.48. The zero-order chi connectivity index (χ0) is 20.9. The Labute approximate surface area is 179 Å². The number of aromatic nitrogens is 1. The third-order valence-corrected chi connectivity index (χ3v) is 10.5. The summed E-state index contributed by atoms with van der Waals surface area (Å²) in [6, 6.07) is 5.57. The molecule has 1 saturated carbocycles. The molecule has 1 fully saturated rings. The van der Waals surface area contributed by atoms with Gasteiger partial charge in [0, 0.05) is 22.8 Å². The predicted octanol–water partition coefficient (Wildman–Crippen LogP) is 4.04. The fourth-order valence-electron chi connectivity index (χ4n) is 4.39. The Hall–Kier alpha value is -1.95. The smallest absolute Gasteiger partial charge is 0.165 e. The normalized spacial score (nSPS) is 25.3. The summed E-state index contributed by atoms with van der Waals surface area (Å²) in [5, 5.41) is 9.56. The molecule has 1 aliphatic heterocycles. The molecule has 0 aromatic carbocycles. The first-order chi connectivity index (χ1) is 13.7. The Morgan fingerprint density at radius 3 is 2.62 bits per heavy atom. The van der Waals surface area contributed by atoms with E-state index in [0.717, 1.165) is 29.7 Å². The van der Waals surface area contributed by atoms with E-state index in [-0.39, 0.29) is 11.6 Å². The van der Waals surface area contributed by atoms with Crippen LogP contribution >= 0.6 is 22.9 Å². The molecule has 9 heteroatoms. The van der Waals surface area contributed by atoms with E-state index in [0.29, 0.717) is 28.3 Å². The van der Waals surface area contributed by atoms with E-state index >= 15 is 0 Å². The molecule has 0 saturated heterocycles. The monoisotopic (exact) mass is 448 g/mol. The van der Waals surface area contributed by atoms with Crippen molar-refractivity contribution in [1.29, 1.82) is 5.26 Å². The van der Waals surface area contributed by atoms with E-state index < -0.39 is 20.1 Å². The number of amidine groups is 1. The maximum atomic E-state index is 13.4. The van der Waals surface area contributed by atoms with E-state index in [1.54, 1.807) is 25.3 Å². The second-order valence-corrected chi connectivity index (χ2v) is 11.7. The largest absolute Gasteiger partial charge is 0.386 e. The number of aliphatic imine (C=N–C) groups is 1. The second kappa shape index (κ2) is 7.08. The number of halogens is 1. The van der Waals surface area contributed by atoms with Crippen LogP contribution in [0.5, 0.6) is 0 Å². The summed E-state index contributed by atoms with van der Waals surface area (Å²) in [5.74, 6) is 0.0988. The van der Waals surface area contributed by atoms with Crippen molar-refractivity contribution in [3.05, 3.63) is 40.0 Å². The first-order valence-corrected chi connectivity index (χ1v) is 12.3. The molecule has 1 unspecified atom stereocenters. The topological polar surface area (TPSA) is 109 Å². The fourth-order valence-corrected chi connectivity index (χ4v) is 8.59. The van der Waals surface area contributed by atoms with Gasteiger partial charge in [-0.25, -0.2) is 8.42 Å². The van der Waals surface area contributed by atoms with Gasteiger partial charge in [-0.15, -0.1) is 11.3 Å². The summed E-state index contributed by atoms with van der Waals surface area (Å²) in [5.41, 5.74) is 6.49. The number of sulfone groups is 1. The van der Waals surface area contributed by atoms with E-state index in [2.05, 4.69) is 11.1 Å². The Balaban J connectivity index is 1.79. The fraction of sp³-hybridized carbons (Fsp3) is 0.450. The standard InChI is InChI=1S/C20H21ClN4O2S2/c1-19(12-29(26,27)20(18(23)25-19)5-3-2-4-6-20)17-15(21)8-16(28-17)14-7-13(9-22)10-24-11-14/h7-8,10-11H,2-6,12H2,1H3,(H2,23,25). The van der Waals surface area contributed by atoms with E-state index in [9.17, 15) is 8.42 Å². The van der Waals surface area contributed by atoms with Crippen LogP contribution in [-0.4, -0.2) is 29.7 Å². The maximum absolute atomic E-state index is 13.4. The van der Waals surface area contributed by atoms with Gasteiger partial charge in [-0.05, 0) is 31.9 Å². The number of thiophene rings is 1. The molecule has 0 amide bonds. The molecule has 1 atom stereocenters. The summed E-state index contributed by atoms with van der Waals surface area (Å²) >= 11 is 7.90. The third kappa shape index (κ3) is 3.25. The van der Waals surface area contributed by atoms with Crippen molar-refractivity contribution in [2.24, 2.45) is 10.7 Å². The molecular weight excluding hydrogens is 428 g/mol. The lowest BCUT2D eigenvalue weighted by Crippen LogP contribution is -2.58. The number of rotatable bonds is 2. The molecule has 4 rings (SSSR count). The number of nitriles is 1. The van der Waals surface area contributed by atoms with Gasteiger partial charge in [-0.1, -0.05) is 30.9 Å². The quantitative estimate of drug-likeness (QED) is 0.745. The minimum Gasteiger partial charge on any atom is -0.386 e. The highest BCUT2D eigenvalue weighted by atomic mass is 35.5. The van der Waals surface area contributed by atoms with E-state index in [4.69, 9.17) is 27.6 Å². The Morgan fingerprint density at radius 1 is 1.24 bits per heavy atom. The van der Waals surface area contributed by atoms with Gasteiger partial charge in [0.15, 0.2) is 9.84 Å². The van der Waals surface area contributed by atoms with Crippen molar-refractivity contribution in [2.45, 2.75) is 49.3 Å². The van der Waals surface area contributed by atoms with Crippen molar-refractivity contribution in [3.8, 4) is 16.5 Å². The van der Waals surface area contributed by atoms with Crippen molar-refractivity contribution in [3.63, 3.8) is 0 Å². The van der Waals surface area contributed by atoms with Crippen LogP contribution < -0.4 is 5.73 Å². The molecular formula is C20H21ClN4O2S2. The Kier molecular flexibility index (Phi) is 4.96.